The van der Waals surface area contributed by atoms with Crippen LogP contribution in [0.3, 0.4) is 0 Å². The molecule has 7 aliphatic rings. The van der Waals surface area contributed by atoms with E-state index in [-0.39, 0.29) is 30.8 Å². The molecule has 8 heteroatoms. The van der Waals surface area contributed by atoms with E-state index >= 15 is 0 Å². The first-order chi connectivity index (χ1) is 16.1. The molecule has 7 fully saturated rings. The highest BCUT2D eigenvalue weighted by atomic mass is 16.9. The molecule has 0 radical (unpaired) electrons. The summed E-state index contributed by atoms with van der Waals surface area (Å²) in [5.74, 6) is -0.779. The van der Waals surface area contributed by atoms with Gasteiger partial charge in [0, 0.05) is 23.7 Å². The van der Waals surface area contributed by atoms with Crippen LogP contribution in [0.1, 0.15) is 65.7 Å². The van der Waals surface area contributed by atoms with Gasteiger partial charge in [-0.3, -0.25) is 0 Å². The Labute approximate surface area is 201 Å². The first kappa shape index (κ1) is 22.8. The Morgan fingerprint density at radius 1 is 0.882 bits per heavy atom. The second-order valence-electron chi connectivity index (χ2n) is 12.9. The summed E-state index contributed by atoms with van der Waals surface area (Å²) in [4.78, 5) is 0. The fourth-order valence-corrected chi connectivity index (χ4v) is 10.5. The fourth-order valence-electron chi connectivity index (χ4n) is 10.5. The number of hydrogen-bond donors (Lipinski definition) is 2. The molecule has 10 atom stereocenters. The van der Waals surface area contributed by atoms with E-state index in [4.69, 9.17) is 28.4 Å². The van der Waals surface area contributed by atoms with Gasteiger partial charge in [0.2, 0.25) is 5.79 Å². The van der Waals surface area contributed by atoms with Crippen LogP contribution in [0.5, 0.6) is 0 Å². The number of fused-ring (bicyclic) bond motifs is 7. The van der Waals surface area contributed by atoms with Crippen LogP contribution >= 0.6 is 0 Å². The predicted octanol–water partition coefficient (Wildman–Crippen LogP) is 2.55. The highest BCUT2D eigenvalue weighted by Crippen LogP contribution is 2.73. The van der Waals surface area contributed by atoms with E-state index < -0.39 is 34.3 Å². The Bertz CT molecular complexity index is 848. The molecular weight excluding hydrogens is 440 g/mol. The molecular formula is C26H40O8. The molecule has 4 saturated carbocycles. The highest BCUT2D eigenvalue weighted by Gasteiger charge is 2.78. The topological polar surface area (TPSA) is 95.8 Å². The third-order valence-corrected chi connectivity index (χ3v) is 12.0. The molecule has 3 aliphatic heterocycles. The molecule has 34 heavy (non-hydrogen) atoms. The summed E-state index contributed by atoms with van der Waals surface area (Å²) < 4.78 is 36.4. The second kappa shape index (κ2) is 6.95. The number of ether oxygens (including phenoxy) is 6. The summed E-state index contributed by atoms with van der Waals surface area (Å²) in [5, 5.41) is 24.2. The monoisotopic (exact) mass is 480 g/mol. The van der Waals surface area contributed by atoms with Gasteiger partial charge >= 0.3 is 0 Å². The lowest BCUT2D eigenvalue weighted by Gasteiger charge is -2.68. The smallest absolute Gasteiger partial charge is 0.226 e. The third kappa shape index (κ3) is 2.43. The maximum absolute atomic E-state index is 12.3. The van der Waals surface area contributed by atoms with Gasteiger partial charge in [0.1, 0.15) is 12.2 Å². The van der Waals surface area contributed by atoms with Crippen molar-refractivity contribution < 1.29 is 38.6 Å². The van der Waals surface area contributed by atoms with Gasteiger partial charge in [-0.25, -0.2) is 0 Å². The molecule has 2 N–H and O–H groups in total. The fraction of sp³-hybridized carbons (Fsp3) is 1.00. The van der Waals surface area contributed by atoms with Crippen molar-refractivity contribution in [1.82, 2.24) is 0 Å². The molecule has 3 saturated heterocycles. The second-order valence-corrected chi connectivity index (χ2v) is 12.9. The van der Waals surface area contributed by atoms with Gasteiger partial charge in [0.25, 0.3) is 0 Å². The molecule has 7 rings (SSSR count). The van der Waals surface area contributed by atoms with Crippen molar-refractivity contribution in [1.29, 1.82) is 0 Å². The Kier molecular flexibility index (Phi) is 4.67. The van der Waals surface area contributed by atoms with Gasteiger partial charge < -0.3 is 38.6 Å². The zero-order valence-corrected chi connectivity index (χ0v) is 20.7. The van der Waals surface area contributed by atoms with Gasteiger partial charge in [-0.2, -0.15) is 0 Å². The molecule has 4 aliphatic carbocycles. The maximum atomic E-state index is 12.3. The minimum Gasteiger partial charge on any atom is -0.393 e. The SMILES string of the molecule is C[C@@H]1C[C@@H]2[C@H]([C@@H](O)C[C@@]3(C)[C@H]2CC[C@@]32OCOC23COCO3)[C@@]2(C)CCC3(C[C@]12O)OCCO3. The number of aliphatic hydroxyl groups excluding tert-OH is 1. The summed E-state index contributed by atoms with van der Waals surface area (Å²) in [6.07, 6.45) is 4.87. The van der Waals surface area contributed by atoms with E-state index in [2.05, 4.69) is 20.8 Å². The van der Waals surface area contributed by atoms with Crippen LogP contribution in [-0.4, -0.2) is 72.5 Å². The normalized spacial score (nSPS) is 60.1. The lowest BCUT2D eigenvalue weighted by atomic mass is 9.40. The van der Waals surface area contributed by atoms with Crippen LogP contribution in [0.15, 0.2) is 0 Å². The minimum atomic E-state index is -0.932. The summed E-state index contributed by atoms with van der Waals surface area (Å²) in [7, 11) is 0. The summed E-state index contributed by atoms with van der Waals surface area (Å²) in [6.45, 7) is 8.67. The number of hydrogen-bond acceptors (Lipinski definition) is 8. The van der Waals surface area contributed by atoms with Crippen molar-refractivity contribution in [2.45, 2.75) is 94.6 Å². The Balaban J connectivity index is 1.27. The lowest BCUT2D eigenvalue weighted by Crippen LogP contribution is -2.72. The molecule has 0 aromatic carbocycles. The van der Waals surface area contributed by atoms with Crippen molar-refractivity contribution in [2.24, 2.45) is 34.5 Å². The minimum absolute atomic E-state index is 0.0275. The van der Waals surface area contributed by atoms with Gasteiger partial charge in [-0.1, -0.05) is 20.8 Å². The summed E-state index contributed by atoms with van der Waals surface area (Å²) in [5.41, 5.74) is -2.24. The standard InChI is InChI=1S/C26H40O8/c1-16-10-17-18-4-5-25(26(34-15-32-25)13-29-14-33-26)22(18,3)11-19(27)20(17)21(2)6-7-23(12-24(16,21)28)30-8-9-31-23/h16-20,27-28H,4-15H2,1-3H3/t16-,17+,18+,19+,20-,21-,22+,24+,25-,26?/m1/s1. The number of aliphatic hydroxyl groups is 2. The molecule has 0 aromatic heterocycles. The van der Waals surface area contributed by atoms with Gasteiger partial charge in [-0.05, 0) is 55.8 Å². The molecule has 192 valence electrons. The third-order valence-electron chi connectivity index (χ3n) is 12.0. The average Bonchev–Trinajstić information content (AvgIpc) is 3.56. The first-order valence-electron chi connectivity index (χ1n) is 13.3. The Morgan fingerprint density at radius 2 is 1.65 bits per heavy atom. The maximum Gasteiger partial charge on any atom is 0.226 e. The van der Waals surface area contributed by atoms with Crippen molar-refractivity contribution in [3.8, 4) is 0 Å². The van der Waals surface area contributed by atoms with Crippen molar-refractivity contribution >= 4 is 0 Å². The van der Waals surface area contributed by atoms with Crippen LogP contribution in [0.2, 0.25) is 0 Å². The van der Waals surface area contributed by atoms with Gasteiger partial charge in [-0.15, -0.1) is 0 Å². The molecule has 1 unspecified atom stereocenters. The summed E-state index contributed by atoms with van der Waals surface area (Å²) >= 11 is 0. The van der Waals surface area contributed by atoms with Crippen LogP contribution in [0.4, 0.5) is 0 Å². The number of rotatable bonds is 0. The zero-order chi connectivity index (χ0) is 23.6. The van der Waals surface area contributed by atoms with Crippen LogP contribution in [0.25, 0.3) is 0 Å². The van der Waals surface area contributed by atoms with Crippen molar-refractivity contribution in [2.75, 3.05) is 33.4 Å². The van der Waals surface area contributed by atoms with E-state index in [0.29, 0.717) is 44.5 Å². The first-order valence-corrected chi connectivity index (χ1v) is 13.3. The van der Waals surface area contributed by atoms with E-state index in [1.807, 2.05) is 0 Å². The van der Waals surface area contributed by atoms with Crippen LogP contribution < -0.4 is 0 Å². The highest BCUT2D eigenvalue weighted by molar-refractivity contribution is 5.24. The molecule has 8 nitrogen and oxygen atoms in total. The zero-order valence-electron chi connectivity index (χ0n) is 20.7. The summed E-state index contributed by atoms with van der Waals surface area (Å²) in [6, 6.07) is 0. The van der Waals surface area contributed by atoms with Crippen LogP contribution in [-0.2, 0) is 28.4 Å². The lowest BCUT2D eigenvalue weighted by molar-refractivity contribution is -0.318. The van der Waals surface area contributed by atoms with E-state index in [0.717, 1.165) is 32.1 Å². The predicted molar refractivity (Wildman–Crippen MR) is 118 cm³/mol. The largest absolute Gasteiger partial charge is 0.393 e. The average molecular weight is 481 g/mol. The van der Waals surface area contributed by atoms with E-state index in [1.165, 1.54) is 0 Å². The Morgan fingerprint density at radius 3 is 2.38 bits per heavy atom. The molecule has 3 spiro atoms. The van der Waals surface area contributed by atoms with Crippen molar-refractivity contribution in [3.63, 3.8) is 0 Å². The van der Waals surface area contributed by atoms with Crippen molar-refractivity contribution in [3.05, 3.63) is 0 Å². The quantitative estimate of drug-likeness (QED) is 0.546. The molecule has 0 bridgehead atoms. The molecule has 0 aromatic rings. The van der Waals surface area contributed by atoms with Crippen LogP contribution in [0, 0.1) is 34.5 Å². The van der Waals surface area contributed by atoms with E-state index in [9.17, 15) is 10.2 Å². The van der Waals surface area contributed by atoms with Gasteiger partial charge in [0.15, 0.2) is 19.4 Å². The van der Waals surface area contributed by atoms with E-state index in [1.54, 1.807) is 0 Å². The molecule has 3 heterocycles. The Hall–Kier alpha value is -0.320. The molecule has 0 amide bonds. The van der Waals surface area contributed by atoms with Gasteiger partial charge in [0.05, 0.1) is 24.9 Å².